The molecule has 0 aliphatic rings. The number of rotatable bonds is 11. The lowest BCUT2D eigenvalue weighted by Crippen LogP contribution is -2.39. The van der Waals surface area contributed by atoms with Crippen molar-refractivity contribution in [2.45, 2.75) is 26.6 Å². The molecule has 0 bridgehead atoms. The number of fused-ring (bicyclic) bond motifs is 1. The first-order valence-corrected chi connectivity index (χ1v) is 17.1. The van der Waals surface area contributed by atoms with Gasteiger partial charge in [-0.15, -0.1) is 11.3 Å². The number of hydrogen-bond acceptors (Lipinski definition) is 8. The van der Waals surface area contributed by atoms with Crippen LogP contribution < -0.4 is 21.9 Å². The maximum absolute atomic E-state index is 15.1. The van der Waals surface area contributed by atoms with Crippen LogP contribution in [0.2, 0.25) is 0 Å². The zero-order valence-corrected chi connectivity index (χ0v) is 29.3. The minimum Gasteiger partial charge on any atom is -0.461 e. The number of anilines is 1. The van der Waals surface area contributed by atoms with Gasteiger partial charge in [0.05, 0.1) is 29.9 Å². The maximum Gasteiger partial charge on any atom is 0.356 e. The summed E-state index contributed by atoms with van der Waals surface area (Å²) in [6.45, 7) is 1.88. The van der Waals surface area contributed by atoms with Crippen molar-refractivity contribution in [2.75, 3.05) is 26.0 Å². The molecule has 0 unspecified atom stereocenters. The van der Waals surface area contributed by atoms with Crippen LogP contribution in [0.15, 0.2) is 101 Å². The third kappa shape index (κ3) is 7.38. The van der Waals surface area contributed by atoms with E-state index in [1.54, 1.807) is 79.7 Å². The molecule has 11 nitrogen and oxygen atoms in total. The molecule has 0 saturated heterocycles. The van der Waals surface area contributed by atoms with Gasteiger partial charge in [0.2, 0.25) is 0 Å². The quantitative estimate of drug-likeness (QED) is 0.153. The Labute approximate surface area is 300 Å². The highest BCUT2D eigenvalue weighted by atomic mass is 32.1. The van der Waals surface area contributed by atoms with Crippen LogP contribution in [0.25, 0.3) is 26.3 Å². The highest BCUT2D eigenvalue weighted by molar-refractivity contribution is 7.22. The summed E-state index contributed by atoms with van der Waals surface area (Å²) >= 11 is 1.15. The molecule has 266 valence electrons. The van der Waals surface area contributed by atoms with Crippen LogP contribution in [0.3, 0.4) is 0 Å². The molecule has 14 heteroatoms. The van der Waals surface area contributed by atoms with Gasteiger partial charge in [0, 0.05) is 36.3 Å². The van der Waals surface area contributed by atoms with E-state index in [0.29, 0.717) is 33.1 Å². The normalized spacial score (nSPS) is 11.2. The van der Waals surface area contributed by atoms with E-state index < -0.39 is 41.4 Å². The summed E-state index contributed by atoms with van der Waals surface area (Å²) in [5.74, 6) is -2.20. The van der Waals surface area contributed by atoms with E-state index in [9.17, 15) is 19.2 Å². The molecule has 0 aliphatic carbocycles. The van der Waals surface area contributed by atoms with Gasteiger partial charge >= 0.3 is 17.7 Å². The van der Waals surface area contributed by atoms with Crippen LogP contribution in [0.1, 0.15) is 34.2 Å². The Bertz CT molecular complexity index is 2370. The number of carbonyl (C=O) groups excluding carboxylic acids is 2. The van der Waals surface area contributed by atoms with Gasteiger partial charge in [0.1, 0.15) is 22.2 Å². The molecule has 2 N–H and O–H groups in total. The maximum atomic E-state index is 15.1. The number of benzene rings is 3. The Morgan fingerprint density at radius 3 is 2.25 bits per heavy atom. The van der Waals surface area contributed by atoms with E-state index in [1.807, 2.05) is 11.9 Å². The number of pyridine rings is 1. The van der Waals surface area contributed by atoms with Crippen LogP contribution >= 0.6 is 11.3 Å². The summed E-state index contributed by atoms with van der Waals surface area (Å²) in [4.78, 5) is 60.4. The molecule has 2 amide bonds. The molecular formula is C38H34F2N6O5S. The molecule has 0 radical (unpaired) electrons. The fraction of sp³-hybridized carbons (Fsp3) is 0.184. The van der Waals surface area contributed by atoms with Crippen molar-refractivity contribution in [3.8, 4) is 16.1 Å². The number of esters is 1. The Morgan fingerprint density at radius 1 is 0.885 bits per heavy atom. The van der Waals surface area contributed by atoms with Crippen LogP contribution in [0.5, 0.6) is 0 Å². The lowest BCUT2D eigenvalue weighted by molar-refractivity contribution is 0.0519. The van der Waals surface area contributed by atoms with Crippen molar-refractivity contribution >= 4 is 39.2 Å². The summed E-state index contributed by atoms with van der Waals surface area (Å²) in [6, 6.07) is 23.4. The van der Waals surface area contributed by atoms with Crippen molar-refractivity contribution in [3.63, 3.8) is 0 Å². The number of nitrogens with one attached hydrogen (secondary N) is 2. The minimum atomic E-state index is -0.828. The lowest BCUT2D eigenvalue weighted by Gasteiger charge is -2.18. The Kier molecular flexibility index (Phi) is 10.7. The van der Waals surface area contributed by atoms with Gasteiger partial charge in [-0.2, -0.15) is 0 Å². The Balaban J connectivity index is 1.56. The summed E-state index contributed by atoms with van der Waals surface area (Å²) < 4.78 is 37.5. The zero-order valence-electron chi connectivity index (χ0n) is 28.5. The van der Waals surface area contributed by atoms with Gasteiger partial charge in [0.15, 0.2) is 0 Å². The lowest BCUT2D eigenvalue weighted by atomic mass is 10.1. The zero-order chi connectivity index (χ0) is 36.9. The predicted octanol–water partition coefficient (Wildman–Crippen LogP) is 6.16. The first-order chi connectivity index (χ1) is 25.1. The third-order valence-electron chi connectivity index (χ3n) is 8.25. The number of nitrogens with zero attached hydrogens (tertiary/aromatic N) is 4. The molecule has 0 fully saturated rings. The van der Waals surface area contributed by atoms with Crippen molar-refractivity contribution in [2.24, 2.45) is 0 Å². The molecule has 3 aromatic heterocycles. The number of ether oxygens (including phenoxy) is 1. The Hall–Kier alpha value is -5.99. The van der Waals surface area contributed by atoms with E-state index in [4.69, 9.17) is 4.74 Å². The summed E-state index contributed by atoms with van der Waals surface area (Å²) in [5, 5.41) is 5.42. The molecule has 0 atom stereocenters. The molecular weight excluding hydrogens is 691 g/mol. The first kappa shape index (κ1) is 35.8. The van der Waals surface area contributed by atoms with Crippen LogP contribution in [0.4, 0.5) is 19.3 Å². The van der Waals surface area contributed by atoms with Crippen molar-refractivity contribution in [3.05, 3.63) is 146 Å². The van der Waals surface area contributed by atoms with E-state index in [2.05, 4.69) is 15.6 Å². The number of carbonyl (C=O) groups is 2. The number of para-hydroxylation sites is 1. The predicted molar refractivity (Wildman–Crippen MR) is 196 cm³/mol. The van der Waals surface area contributed by atoms with Crippen molar-refractivity contribution in [1.82, 2.24) is 24.3 Å². The van der Waals surface area contributed by atoms with Crippen molar-refractivity contribution < 1.29 is 23.1 Å². The standard InChI is InChI=1S/C38H34F2N6O5S/c1-4-51-36(48)31-15-8-10-25(42-31)20-44(3)21-28-32-34(47)46(26-11-6-5-7-12-26)38(50)45(22-27-29(39)13-9-14-30(27)40)35(32)52-33(28)23-16-18-24(19-17-23)43-37(49)41-2/h5-19H,4,20-22H2,1-3H3,(H2,41,43,49). The third-order valence-corrected chi connectivity index (χ3v) is 9.55. The molecule has 0 aliphatic heterocycles. The van der Waals surface area contributed by atoms with Gasteiger partial charge in [-0.3, -0.25) is 14.3 Å². The fourth-order valence-corrected chi connectivity index (χ4v) is 7.13. The van der Waals surface area contributed by atoms with E-state index in [0.717, 1.165) is 28.0 Å². The van der Waals surface area contributed by atoms with Gasteiger partial charge in [-0.05, 0) is 73.6 Å². The van der Waals surface area contributed by atoms with Gasteiger partial charge in [0.25, 0.3) is 5.56 Å². The number of halogens is 2. The largest absolute Gasteiger partial charge is 0.461 e. The van der Waals surface area contributed by atoms with E-state index in [-0.39, 0.29) is 41.2 Å². The number of aromatic nitrogens is 3. The summed E-state index contributed by atoms with van der Waals surface area (Å²) in [6.07, 6.45) is 0. The summed E-state index contributed by atoms with van der Waals surface area (Å²) in [7, 11) is 3.32. The molecule has 6 rings (SSSR count). The number of amides is 2. The first-order valence-electron chi connectivity index (χ1n) is 16.3. The van der Waals surface area contributed by atoms with Gasteiger partial charge in [-0.25, -0.2) is 32.7 Å². The Morgan fingerprint density at radius 2 is 1.58 bits per heavy atom. The average Bonchev–Trinajstić information content (AvgIpc) is 3.50. The fourth-order valence-electron chi connectivity index (χ4n) is 5.83. The van der Waals surface area contributed by atoms with Crippen molar-refractivity contribution in [1.29, 1.82) is 0 Å². The minimum absolute atomic E-state index is 0.162. The number of urea groups is 1. The molecule has 3 aromatic carbocycles. The smallest absolute Gasteiger partial charge is 0.356 e. The molecule has 0 spiro atoms. The average molecular weight is 725 g/mol. The second-order valence-corrected chi connectivity index (χ2v) is 12.8. The molecule has 6 aromatic rings. The SMILES string of the molecule is CCOC(=O)c1cccc(CN(C)Cc2c(-c3ccc(NC(=O)NC)cc3)sc3c2c(=O)n(-c2ccccc2)c(=O)n3Cc2c(F)cccc2F)n1. The highest BCUT2D eigenvalue weighted by Gasteiger charge is 2.26. The van der Waals surface area contributed by atoms with E-state index >= 15 is 8.78 Å². The van der Waals surface area contributed by atoms with Crippen LogP contribution in [-0.4, -0.2) is 51.7 Å². The second kappa shape index (κ2) is 15.5. The molecule has 0 saturated carbocycles. The molecule has 3 heterocycles. The van der Waals surface area contributed by atoms with E-state index in [1.165, 1.54) is 17.7 Å². The second-order valence-electron chi connectivity index (χ2n) is 11.8. The highest BCUT2D eigenvalue weighted by Crippen LogP contribution is 2.38. The van der Waals surface area contributed by atoms with Crippen LogP contribution in [-0.2, 0) is 24.4 Å². The monoisotopic (exact) mass is 724 g/mol. The number of hydrogen-bond donors (Lipinski definition) is 2. The van der Waals surface area contributed by atoms with Crippen LogP contribution in [0, 0.1) is 11.6 Å². The number of thiophene rings is 1. The van der Waals surface area contributed by atoms with Gasteiger partial charge in [-0.1, -0.05) is 42.5 Å². The molecule has 52 heavy (non-hydrogen) atoms. The topological polar surface area (TPSA) is 128 Å². The summed E-state index contributed by atoms with van der Waals surface area (Å²) in [5.41, 5.74) is 1.11. The van der Waals surface area contributed by atoms with Gasteiger partial charge < -0.3 is 15.4 Å².